The monoisotopic (exact) mass is 427 g/mol. The van der Waals surface area contributed by atoms with Crippen LogP contribution in [-0.4, -0.2) is 101 Å². The molecular weight excluding hydrogens is 390 g/mol. The summed E-state index contributed by atoms with van der Waals surface area (Å²) in [5.74, 6) is -2.30. The summed E-state index contributed by atoms with van der Waals surface area (Å²) in [5.41, 5.74) is 5.17. The zero-order valence-electron chi connectivity index (χ0n) is 19.6. The second-order valence-corrected chi connectivity index (χ2v) is 7.85. The number of rotatable bonds is 10. The Hall–Kier alpha value is -2.65. The van der Waals surface area contributed by atoms with Crippen LogP contribution in [0.1, 0.15) is 41.5 Å². The molecule has 0 aliphatic heterocycles. The molecule has 10 heteroatoms. The van der Waals surface area contributed by atoms with E-state index in [4.69, 9.17) is 5.73 Å². The highest BCUT2D eigenvalue weighted by Crippen LogP contribution is 2.12. The van der Waals surface area contributed by atoms with Gasteiger partial charge < -0.3 is 25.3 Å². The lowest BCUT2D eigenvalue weighted by Gasteiger charge is -2.35. The lowest BCUT2D eigenvalue weighted by molar-refractivity contribution is -0.152. The van der Waals surface area contributed by atoms with Crippen molar-refractivity contribution in [1.29, 1.82) is 0 Å². The van der Waals surface area contributed by atoms with E-state index in [0.717, 1.165) is 0 Å². The minimum atomic E-state index is -0.853. The van der Waals surface area contributed by atoms with Gasteiger partial charge >= 0.3 is 0 Å². The zero-order chi connectivity index (χ0) is 23.9. The third-order valence-corrected chi connectivity index (χ3v) is 5.39. The Morgan fingerprint density at radius 1 is 0.667 bits per heavy atom. The predicted molar refractivity (Wildman–Crippen MR) is 113 cm³/mol. The van der Waals surface area contributed by atoms with Gasteiger partial charge in [-0.05, 0) is 27.7 Å². The van der Waals surface area contributed by atoms with Crippen molar-refractivity contribution < 1.29 is 24.0 Å². The highest BCUT2D eigenvalue weighted by atomic mass is 16.2. The minimum Gasteiger partial charge on any atom is -0.368 e. The topological polar surface area (TPSA) is 124 Å². The SMILES string of the molecule is CCN(CC(N)=O)C(=O)[C@H](C)N(C)C(=O)[C@H](C)N(C)C(=O)[C@H](C)N(C)C(=O)C(C)C. The number of primary amides is 1. The molecule has 0 fully saturated rings. The van der Waals surface area contributed by atoms with Gasteiger partial charge in [0, 0.05) is 33.6 Å². The van der Waals surface area contributed by atoms with Crippen LogP contribution in [0, 0.1) is 5.92 Å². The predicted octanol–water partition coefficient (Wildman–Crippen LogP) is -0.483. The summed E-state index contributed by atoms with van der Waals surface area (Å²) in [5, 5.41) is 0. The van der Waals surface area contributed by atoms with Gasteiger partial charge in [0.2, 0.25) is 29.5 Å². The largest absolute Gasteiger partial charge is 0.368 e. The Morgan fingerprint density at radius 2 is 1.00 bits per heavy atom. The Labute approximate surface area is 179 Å². The van der Waals surface area contributed by atoms with Crippen LogP contribution >= 0.6 is 0 Å². The molecule has 0 aromatic carbocycles. The van der Waals surface area contributed by atoms with Gasteiger partial charge in [-0.3, -0.25) is 24.0 Å². The normalized spacial score (nSPS) is 13.8. The molecule has 0 aliphatic rings. The van der Waals surface area contributed by atoms with Gasteiger partial charge in [0.15, 0.2) is 0 Å². The van der Waals surface area contributed by atoms with Crippen LogP contribution in [0.5, 0.6) is 0 Å². The van der Waals surface area contributed by atoms with Crippen molar-refractivity contribution in [3.8, 4) is 0 Å². The van der Waals surface area contributed by atoms with Crippen molar-refractivity contribution in [2.24, 2.45) is 11.7 Å². The summed E-state index contributed by atoms with van der Waals surface area (Å²) in [4.78, 5) is 66.8. The number of carbonyl (C=O) groups excluding carboxylic acids is 5. The van der Waals surface area contributed by atoms with E-state index in [9.17, 15) is 24.0 Å². The Bertz CT molecular complexity index is 666. The fraction of sp³-hybridized carbons (Fsp3) is 0.750. The highest BCUT2D eigenvalue weighted by molar-refractivity contribution is 5.94. The third kappa shape index (κ3) is 6.70. The Balaban J connectivity index is 5.28. The van der Waals surface area contributed by atoms with E-state index in [2.05, 4.69) is 0 Å². The summed E-state index contributed by atoms with van der Waals surface area (Å²) in [6.45, 7) is 9.96. The molecule has 0 radical (unpaired) electrons. The molecule has 10 nitrogen and oxygen atoms in total. The molecule has 0 spiro atoms. The summed E-state index contributed by atoms with van der Waals surface area (Å²) in [6.07, 6.45) is 0. The van der Waals surface area contributed by atoms with Crippen molar-refractivity contribution in [3.05, 3.63) is 0 Å². The maximum absolute atomic E-state index is 12.9. The maximum atomic E-state index is 12.9. The van der Waals surface area contributed by atoms with E-state index in [1.54, 1.807) is 48.6 Å². The smallest absolute Gasteiger partial charge is 0.245 e. The van der Waals surface area contributed by atoms with E-state index in [-0.39, 0.29) is 30.8 Å². The maximum Gasteiger partial charge on any atom is 0.245 e. The molecular formula is C20H37N5O5. The van der Waals surface area contributed by atoms with Gasteiger partial charge in [-0.25, -0.2) is 0 Å². The Morgan fingerprint density at radius 3 is 1.30 bits per heavy atom. The molecule has 0 heterocycles. The van der Waals surface area contributed by atoms with Crippen molar-refractivity contribution in [2.45, 2.75) is 59.7 Å². The van der Waals surface area contributed by atoms with Gasteiger partial charge in [0.05, 0.1) is 6.54 Å². The van der Waals surface area contributed by atoms with Gasteiger partial charge in [0.25, 0.3) is 0 Å². The molecule has 0 aromatic rings. The quantitative estimate of drug-likeness (QED) is 0.504. The number of nitrogens with zero attached hydrogens (tertiary/aromatic N) is 4. The molecule has 0 bridgehead atoms. The summed E-state index contributed by atoms with van der Waals surface area (Å²) in [7, 11) is 4.51. The second kappa shape index (κ2) is 11.5. The van der Waals surface area contributed by atoms with E-state index >= 15 is 0 Å². The van der Waals surface area contributed by atoms with Crippen LogP contribution in [0.15, 0.2) is 0 Å². The zero-order valence-corrected chi connectivity index (χ0v) is 19.6. The molecule has 172 valence electrons. The Kier molecular flexibility index (Phi) is 10.5. The van der Waals surface area contributed by atoms with E-state index in [0.29, 0.717) is 0 Å². The number of hydrogen-bond donors (Lipinski definition) is 1. The molecule has 0 unspecified atom stereocenters. The van der Waals surface area contributed by atoms with E-state index in [1.165, 1.54) is 33.7 Å². The number of nitrogens with two attached hydrogens (primary N) is 1. The fourth-order valence-electron chi connectivity index (χ4n) is 2.86. The number of hydrogen-bond acceptors (Lipinski definition) is 5. The molecule has 5 amide bonds. The van der Waals surface area contributed by atoms with Gasteiger partial charge in [-0.15, -0.1) is 0 Å². The third-order valence-electron chi connectivity index (χ3n) is 5.39. The standard InChI is InChI=1S/C20H37N5O5/c1-10-25(11-16(21)26)20(30)15(6)24(9)19(29)14(5)23(8)18(28)13(4)22(7)17(27)12(2)3/h12-15H,10-11H2,1-9H3,(H2,21,26)/t13-,14-,15-/m0/s1. The first-order chi connectivity index (χ1) is 13.7. The number of amides is 5. The average Bonchev–Trinajstić information content (AvgIpc) is 2.71. The van der Waals surface area contributed by atoms with Crippen LogP contribution in [0.2, 0.25) is 0 Å². The lowest BCUT2D eigenvalue weighted by atomic mass is 10.1. The highest BCUT2D eigenvalue weighted by Gasteiger charge is 2.34. The molecule has 2 N–H and O–H groups in total. The van der Waals surface area contributed by atoms with E-state index in [1.807, 2.05) is 0 Å². The van der Waals surface area contributed by atoms with Crippen molar-refractivity contribution in [3.63, 3.8) is 0 Å². The minimum absolute atomic E-state index is 0.173. The second-order valence-electron chi connectivity index (χ2n) is 7.85. The van der Waals surface area contributed by atoms with Gasteiger partial charge in [0.1, 0.15) is 18.1 Å². The fourth-order valence-corrected chi connectivity index (χ4v) is 2.86. The molecule has 0 saturated carbocycles. The molecule has 30 heavy (non-hydrogen) atoms. The van der Waals surface area contributed by atoms with Crippen molar-refractivity contribution >= 4 is 29.5 Å². The number of carbonyl (C=O) groups is 5. The van der Waals surface area contributed by atoms with Gasteiger partial charge in [-0.1, -0.05) is 13.8 Å². The van der Waals surface area contributed by atoms with E-state index < -0.39 is 35.8 Å². The van der Waals surface area contributed by atoms with Crippen LogP contribution in [0.25, 0.3) is 0 Å². The van der Waals surface area contributed by atoms with Crippen LogP contribution in [-0.2, 0) is 24.0 Å². The molecule has 0 aromatic heterocycles. The van der Waals surface area contributed by atoms with Crippen molar-refractivity contribution in [2.75, 3.05) is 34.2 Å². The first-order valence-corrected chi connectivity index (χ1v) is 10.1. The summed E-state index contributed by atoms with van der Waals surface area (Å²) in [6, 6.07) is -2.44. The van der Waals surface area contributed by atoms with Crippen LogP contribution in [0.3, 0.4) is 0 Å². The number of likely N-dealkylation sites (N-methyl/N-ethyl adjacent to an activating group) is 4. The average molecular weight is 428 g/mol. The first-order valence-electron chi connectivity index (χ1n) is 10.1. The molecule has 0 rings (SSSR count). The van der Waals surface area contributed by atoms with Gasteiger partial charge in [-0.2, -0.15) is 0 Å². The van der Waals surface area contributed by atoms with Crippen LogP contribution in [0.4, 0.5) is 0 Å². The molecule has 0 aliphatic carbocycles. The lowest BCUT2D eigenvalue weighted by Crippen LogP contribution is -2.56. The molecule has 0 saturated heterocycles. The summed E-state index contributed by atoms with van der Waals surface area (Å²) < 4.78 is 0. The van der Waals surface area contributed by atoms with Crippen LogP contribution < -0.4 is 5.73 Å². The molecule has 3 atom stereocenters. The summed E-state index contributed by atoms with van der Waals surface area (Å²) >= 11 is 0. The first kappa shape index (κ1) is 27.4. The van der Waals surface area contributed by atoms with Crippen molar-refractivity contribution in [1.82, 2.24) is 19.6 Å².